The Morgan fingerprint density at radius 1 is 1.31 bits per heavy atom. The van der Waals surface area contributed by atoms with Gasteiger partial charge in [-0.05, 0) is 38.0 Å². The van der Waals surface area contributed by atoms with Gasteiger partial charge in [0.15, 0.2) is 17.3 Å². The highest BCUT2D eigenvalue weighted by Crippen LogP contribution is 2.48. The van der Waals surface area contributed by atoms with Crippen LogP contribution < -0.4 is 10.9 Å². The van der Waals surface area contributed by atoms with Gasteiger partial charge in [-0.25, -0.2) is 13.8 Å². The molecule has 2 aromatic heterocycles. The van der Waals surface area contributed by atoms with Gasteiger partial charge in [0.1, 0.15) is 6.07 Å². The SMILES string of the molecule is C[C@@H](NC(=O)C1(c2cc3c(F)c(F)ccc3[nH]c2=O)CC1)c1cnc(C#N)cn1. The van der Waals surface area contributed by atoms with Gasteiger partial charge in [0.2, 0.25) is 5.91 Å². The molecule has 0 saturated heterocycles. The summed E-state index contributed by atoms with van der Waals surface area (Å²) in [5.41, 5.74) is -0.742. The van der Waals surface area contributed by atoms with Crippen LogP contribution in [0.25, 0.3) is 10.9 Å². The highest BCUT2D eigenvalue weighted by Gasteiger charge is 2.53. The van der Waals surface area contributed by atoms with Crippen LogP contribution >= 0.6 is 0 Å². The molecule has 7 nitrogen and oxygen atoms in total. The first-order valence-electron chi connectivity index (χ1n) is 8.90. The van der Waals surface area contributed by atoms with Gasteiger partial charge >= 0.3 is 0 Å². The van der Waals surface area contributed by atoms with E-state index in [1.807, 2.05) is 6.07 Å². The lowest BCUT2D eigenvalue weighted by Gasteiger charge is -2.19. The fourth-order valence-electron chi connectivity index (χ4n) is 3.34. The molecule has 0 bridgehead atoms. The molecule has 1 saturated carbocycles. The van der Waals surface area contributed by atoms with Crippen LogP contribution in [0.1, 0.15) is 42.8 Å². The number of carbonyl (C=O) groups excluding carboxylic acids is 1. The Labute approximate surface area is 163 Å². The quantitative estimate of drug-likeness (QED) is 0.705. The summed E-state index contributed by atoms with van der Waals surface area (Å²) in [7, 11) is 0. The van der Waals surface area contributed by atoms with Gasteiger partial charge in [-0.2, -0.15) is 5.26 Å². The molecule has 0 unspecified atom stereocenters. The predicted octanol–water partition coefficient (Wildman–Crippen LogP) is 2.38. The summed E-state index contributed by atoms with van der Waals surface area (Å²) in [6.45, 7) is 1.70. The van der Waals surface area contributed by atoms with Crippen LogP contribution in [0, 0.1) is 23.0 Å². The second-order valence-electron chi connectivity index (χ2n) is 7.05. The summed E-state index contributed by atoms with van der Waals surface area (Å²) in [5, 5.41) is 11.5. The number of aromatic amines is 1. The molecule has 4 rings (SSSR count). The molecular formula is C20H15F2N5O2. The summed E-state index contributed by atoms with van der Waals surface area (Å²) in [6.07, 6.45) is 3.52. The summed E-state index contributed by atoms with van der Waals surface area (Å²) in [5.74, 6) is -2.51. The molecule has 9 heteroatoms. The summed E-state index contributed by atoms with van der Waals surface area (Å²) < 4.78 is 27.8. The number of hydrogen-bond donors (Lipinski definition) is 2. The molecule has 1 amide bonds. The highest BCUT2D eigenvalue weighted by molar-refractivity contribution is 5.93. The summed E-state index contributed by atoms with van der Waals surface area (Å²) >= 11 is 0. The van der Waals surface area contributed by atoms with Crippen LogP contribution in [0.5, 0.6) is 0 Å². The molecular weight excluding hydrogens is 380 g/mol. The van der Waals surface area contributed by atoms with Crippen molar-refractivity contribution in [2.45, 2.75) is 31.2 Å². The van der Waals surface area contributed by atoms with Gasteiger partial charge in [-0.15, -0.1) is 0 Å². The number of fused-ring (bicyclic) bond motifs is 1. The standard InChI is InChI=1S/C20H15F2N5O2/c1-10(16-9-24-11(7-23)8-25-16)26-19(29)20(4-5-20)13-6-12-15(27-18(13)28)3-2-14(21)17(12)22/h2-3,6,8-10H,4-5H2,1H3,(H,26,29)(H,27,28)/t10-/m1/s1. The minimum Gasteiger partial charge on any atom is -0.347 e. The zero-order chi connectivity index (χ0) is 20.8. The molecule has 1 fully saturated rings. The van der Waals surface area contributed by atoms with E-state index in [-0.39, 0.29) is 22.2 Å². The van der Waals surface area contributed by atoms with Crippen molar-refractivity contribution in [3.63, 3.8) is 0 Å². The molecule has 146 valence electrons. The van der Waals surface area contributed by atoms with E-state index in [9.17, 15) is 18.4 Å². The summed E-state index contributed by atoms with van der Waals surface area (Å²) in [6, 6.07) is 4.82. The van der Waals surface area contributed by atoms with Gasteiger partial charge in [0.25, 0.3) is 5.56 Å². The van der Waals surface area contributed by atoms with Crippen molar-refractivity contribution < 1.29 is 13.6 Å². The second kappa shape index (κ2) is 6.74. The number of hydrogen-bond acceptors (Lipinski definition) is 5. The molecule has 3 aromatic rings. The van der Waals surface area contributed by atoms with Crippen molar-refractivity contribution in [1.82, 2.24) is 20.3 Å². The Bertz CT molecular complexity index is 1230. The topological polar surface area (TPSA) is 112 Å². The van der Waals surface area contributed by atoms with Gasteiger partial charge in [0, 0.05) is 10.9 Å². The number of rotatable bonds is 4. The van der Waals surface area contributed by atoms with E-state index in [0.29, 0.717) is 18.5 Å². The molecule has 1 aromatic carbocycles. The van der Waals surface area contributed by atoms with Crippen LogP contribution in [-0.4, -0.2) is 20.9 Å². The van der Waals surface area contributed by atoms with Gasteiger partial charge < -0.3 is 10.3 Å². The number of benzene rings is 1. The number of halogens is 2. The van der Waals surface area contributed by atoms with Crippen LogP contribution in [-0.2, 0) is 10.2 Å². The molecule has 1 atom stereocenters. The van der Waals surface area contributed by atoms with E-state index in [4.69, 9.17) is 5.26 Å². The largest absolute Gasteiger partial charge is 0.347 e. The number of aromatic nitrogens is 3. The van der Waals surface area contributed by atoms with Crippen molar-refractivity contribution >= 4 is 16.8 Å². The van der Waals surface area contributed by atoms with Gasteiger partial charge in [-0.3, -0.25) is 14.6 Å². The van der Waals surface area contributed by atoms with Crippen molar-refractivity contribution in [2.75, 3.05) is 0 Å². The first-order chi connectivity index (χ1) is 13.9. The lowest BCUT2D eigenvalue weighted by Crippen LogP contribution is -2.39. The van der Waals surface area contributed by atoms with E-state index < -0.39 is 34.6 Å². The Morgan fingerprint density at radius 3 is 2.69 bits per heavy atom. The Morgan fingerprint density at radius 2 is 2.07 bits per heavy atom. The summed E-state index contributed by atoms with van der Waals surface area (Å²) in [4.78, 5) is 36.0. The molecule has 0 radical (unpaired) electrons. The Kier molecular flexibility index (Phi) is 4.34. The van der Waals surface area contributed by atoms with E-state index in [2.05, 4.69) is 20.3 Å². The molecule has 1 aliphatic carbocycles. The third kappa shape index (κ3) is 3.12. The lowest BCUT2D eigenvalue weighted by molar-refractivity contribution is -0.124. The predicted molar refractivity (Wildman–Crippen MR) is 98.7 cm³/mol. The normalized spacial score (nSPS) is 15.5. The van der Waals surface area contributed by atoms with Crippen LogP contribution in [0.2, 0.25) is 0 Å². The molecule has 1 aliphatic rings. The number of pyridine rings is 1. The van der Waals surface area contributed by atoms with Gasteiger partial charge in [-0.1, -0.05) is 0 Å². The number of H-pyrrole nitrogens is 1. The number of nitrogens with one attached hydrogen (secondary N) is 2. The Hall–Kier alpha value is -3.67. The maximum absolute atomic E-state index is 14.2. The average molecular weight is 395 g/mol. The number of nitrogens with zero attached hydrogens (tertiary/aromatic N) is 3. The fourth-order valence-corrected chi connectivity index (χ4v) is 3.34. The molecule has 2 N–H and O–H groups in total. The molecule has 29 heavy (non-hydrogen) atoms. The van der Waals surface area contributed by atoms with Crippen molar-refractivity contribution in [1.29, 1.82) is 5.26 Å². The Balaban J connectivity index is 1.65. The van der Waals surface area contributed by atoms with Gasteiger partial charge in [0.05, 0.1) is 35.1 Å². The molecule has 0 spiro atoms. The minimum absolute atomic E-state index is 0.0790. The minimum atomic E-state index is -1.10. The maximum Gasteiger partial charge on any atom is 0.252 e. The molecule has 0 aliphatic heterocycles. The van der Waals surface area contributed by atoms with Crippen LogP contribution in [0.4, 0.5) is 8.78 Å². The number of amides is 1. The van der Waals surface area contributed by atoms with Crippen molar-refractivity contribution in [3.05, 3.63) is 69.5 Å². The lowest BCUT2D eigenvalue weighted by atomic mass is 9.94. The average Bonchev–Trinajstić information content (AvgIpc) is 3.52. The van der Waals surface area contributed by atoms with E-state index in [0.717, 1.165) is 6.07 Å². The first kappa shape index (κ1) is 18.7. The van der Waals surface area contributed by atoms with E-state index in [1.54, 1.807) is 6.92 Å². The van der Waals surface area contributed by atoms with Crippen LogP contribution in [0.3, 0.4) is 0 Å². The van der Waals surface area contributed by atoms with E-state index >= 15 is 0 Å². The number of nitriles is 1. The highest BCUT2D eigenvalue weighted by atomic mass is 19.2. The zero-order valence-electron chi connectivity index (χ0n) is 15.3. The molecule has 2 heterocycles. The van der Waals surface area contributed by atoms with E-state index in [1.165, 1.54) is 24.5 Å². The third-order valence-electron chi connectivity index (χ3n) is 5.19. The third-order valence-corrected chi connectivity index (χ3v) is 5.19. The van der Waals surface area contributed by atoms with Crippen LogP contribution in [0.15, 0.2) is 35.4 Å². The fraction of sp³-hybridized carbons (Fsp3) is 0.250. The van der Waals surface area contributed by atoms with Crippen molar-refractivity contribution in [3.8, 4) is 6.07 Å². The first-order valence-corrected chi connectivity index (χ1v) is 8.90. The monoisotopic (exact) mass is 395 g/mol. The van der Waals surface area contributed by atoms with Crippen molar-refractivity contribution in [2.24, 2.45) is 0 Å². The zero-order valence-corrected chi connectivity index (χ0v) is 15.3. The maximum atomic E-state index is 14.2. The second-order valence-corrected chi connectivity index (χ2v) is 7.05. The number of carbonyl (C=O) groups is 1. The smallest absolute Gasteiger partial charge is 0.252 e.